The number of nitrogens with zero attached hydrogens (tertiary/aromatic N) is 2. The number of H-pyrrole nitrogens is 1. The maximum atomic E-state index is 12.4. The van der Waals surface area contributed by atoms with E-state index < -0.39 is 23.5 Å². The molecular formula is C15H20N4O5S. The van der Waals surface area contributed by atoms with Crippen LogP contribution in [0.2, 0.25) is 0 Å². The first kappa shape index (κ1) is 19.0. The number of nitrogens with one attached hydrogen (secondary N) is 1. The number of methoxy groups -OCH3 is 1. The average molecular weight is 368 g/mol. The van der Waals surface area contributed by atoms with Crippen LogP contribution in [0.1, 0.15) is 25.0 Å². The molecule has 1 aliphatic rings. The summed E-state index contributed by atoms with van der Waals surface area (Å²) in [6.45, 7) is 0.485. The number of thioether (sulfide) groups is 1. The fourth-order valence-corrected chi connectivity index (χ4v) is 3.38. The number of carbonyl (C=O) groups is 3. The van der Waals surface area contributed by atoms with Crippen LogP contribution in [0.3, 0.4) is 0 Å². The molecule has 1 fully saturated rings. The molecule has 0 spiro atoms. The Bertz CT molecular complexity index is 720. The second-order valence-corrected chi connectivity index (χ2v) is 6.55. The summed E-state index contributed by atoms with van der Waals surface area (Å²) < 4.78 is 4.54. The van der Waals surface area contributed by atoms with Gasteiger partial charge >= 0.3 is 5.97 Å². The molecule has 1 aromatic rings. The lowest BCUT2D eigenvalue weighted by atomic mass is 10.0. The van der Waals surface area contributed by atoms with E-state index in [-0.39, 0.29) is 28.9 Å². The zero-order valence-corrected chi connectivity index (χ0v) is 14.6. The van der Waals surface area contributed by atoms with E-state index in [1.54, 1.807) is 0 Å². The molecule has 1 atom stereocenters. The monoisotopic (exact) mass is 368 g/mol. The lowest BCUT2D eigenvalue weighted by Gasteiger charge is -2.33. The number of hydrogen-bond donors (Lipinski definition) is 2. The number of piperidine rings is 1. The fraction of sp³-hybridized carbons (Fsp3) is 0.533. The van der Waals surface area contributed by atoms with Crippen LogP contribution in [0.5, 0.6) is 0 Å². The maximum absolute atomic E-state index is 12.4. The van der Waals surface area contributed by atoms with E-state index in [0.29, 0.717) is 13.0 Å². The van der Waals surface area contributed by atoms with E-state index in [1.807, 2.05) is 0 Å². The smallest absolute Gasteiger partial charge is 0.311 e. The molecule has 1 aromatic heterocycles. The number of nitrogens with two attached hydrogens (primary N) is 1. The molecule has 0 aliphatic carbocycles. The van der Waals surface area contributed by atoms with Gasteiger partial charge in [-0.05, 0) is 19.3 Å². The van der Waals surface area contributed by atoms with Crippen LogP contribution in [-0.2, 0) is 25.5 Å². The minimum atomic E-state index is -0.584. The van der Waals surface area contributed by atoms with Crippen molar-refractivity contribution in [1.29, 1.82) is 0 Å². The Kier molecular flexibility index (Phi) is 6.57. The van der Waals surface area contributed by atoms with Crippen molar-refractivity contribution in [3.05, 3.63) is 22.1 Å². The Hall–Kier alpha value is -2.36. The van der Waals surface area contributed by atoms with Crippen molar-refractivity contribution in [3.8, 4) is 0 Å². The molecule has 1 saturated heterocycles. The third-order valence-electron chi connectivity index (χ3n) is 3.81. The first-order chi connectivity index (χ1) is 11.9. The van der Waals surface area contributed by atoms with Crippen molar-refractivity contribution >= 4 is 29.5 Å². The highest BCUT2D eigenvalue weighted by atomic mass is 32.2. The third kappa shape index (κ3) is 5.31. The molecule has 10 heteroatoms. The quantitative estimate of drug-likeness (QED) is 0.390. The first-order valence-electron chi connectivity index (χ1n) is 7.79. The largest absolute Gasteiger partial charge is 0.469 e. The molecule has 9 nitrogen and oxygen atoms in total. The van der Waals surface area contributed by atoms with Crippen molar-refractivity contribution in [1.82, 2.24) is 14.9 Å². The van der Waals surface area contributed by atoms with E-state index in [0.717, 1.165) is 24.6 Å². The number of likely N-dealkylation sites (tertiary alicyclic amines) is 1. The number of aromatic amines is 1. The molecule has 0 radical (unpaired) electrons. The van der Waals surface area contributed by atoms with Gasteiger partial charge in [-0.2, -0.15) is 0 Å². The molecule has 0 bridgehead atoms. The Balaban J connectivity index is 2.02. The summed E-state index contributed by atoms with van der Waals surface area (Å²) in [6.07, 6.45) is 2.12. The maximum Gasteiger partial charge on any atom is 0.311 e. The standard InChI is InChI=1S/C15H20N4O5S/c1-24-13(22)7-9-6-11(20)18-15(17-9)25-8-12(21)19-5-3-2-4-10(19)14(16)23/h6,10H,2-5,7-8H2,1H3,(H2,16,23)(H,17,18,20)/t10-/m0/s1. The van der Waals surface area contributed by atoms with Gasteiger partial charge in [-0.3, -0.25) is 19.2 Å². The molecule has 2 amide bonds. The summed E-state index contributed by atoms with van der Waals surface area (Å²) in [5.41, 5.74) is 5.20. The number of rotatable bonds is 6. The fourth-order valence-electron chi connectivity index (χ4n) is 2.60. The lowest BCUT2D eigenvalue weighted by Crippen LogP contribution is -2.51. The molecule has 136 valence electrons. The summed E-state index contributed by atoms with van der Waals surface area (Å²) in [5, 5.41) is 0.229. The van der Waals surface area contributed by atoms with Gasteiger partial charge in [0, 0.05) is 12.6 Å². The van der Waals surface area contributed by atoms with Gasteiger partial charge in [0.25, 0.3) is 5.56 Å². The zero-order valence-electron chi connectivity index (χ0n) is 13.8. The summed E-state index contributed by atoms with van der Waals surface area (Å²) in [4.78, 5) is 54.9. The summed E-state index contributed by atoms with van der Waals surface area (Å²) >= 11 is 1.04. The second-order valence-electron chi connectivity index (χ2n) is 5.58. The predicted molar refractivity (Wildman–Crippen MR) is 89.8 cm³/mol. The van der Waals surface area contributed by atoms with Crippen LogP contribution in [0.15, 0.2) is 16.0 Å². The van der Waals surface area contributed by atoms with E-state index in [1.165, 1.54) is 18.1 Å². The van der Waals surface area contributed by atoms with E-state index in [9.17, 15) is 19.2 Å². The summed E-state index contributed by atoms with van der Waals surface area (Å²) in [6, 6.07) is 0.621. The van der Waals surface area contributed by atoms with Gasteiger partial charge in [-0.15, -0.1) is 0 Å². The number of primary amides is 1. The normalized spacial score (nSPS) is 17.2. The van der Waals surface area contributed by atoms with Gasteiger partial charge in [0.1, 0.15) is 6.04 Å². The van der Waals surface area contributed by atoms with Crippen molar-refractivity contribution < 1.29 is 19.1 Å². The van der Waals surface area contributed by atoms with Gasteiger partial charge < -0.3 is 20.4 Å². The number of esters is 1. The highest BCUT2D eigenvalue weighted by molar-refractivity contribution is 7.99. The summed E-state index contributed by atoms with van der Waals surface area (Å²) in [5.74, 6) is -1.25. The van der Waals surface area contributed by atoms with Crippen LogP contribution in [0.4, 0.5) is 0 Å². The van der Waals surface area contributed by atoms with Gasteiger partial charge in [0.15, 0.2) is 5.16 Å². The van der Waals surface area contributed by atoms with Crippen molar-refractivity contribution in [2.75, 3.05) is 19.4 Å². The van der Waals surface area contributed by atoms with Crippen molar-refractivity contribution in [2.24, 2.45) is 5.73 Å². The molecule has 1 aliphatic heterocycles. The molecule has 2 rings (SSSR count). The highest BCUT2D eigenvalue weighted by Crippen LogP contribution is 2.20. The lowest BCUT2D eigenvalue weighted by molar-refractivity contribution is -0.139. The molecule has 0 unspecified atom stereocenters. The van der Waals surface area contributed by atoms with Gasteiger partial charge in [0.2, 0.25) is 11.8 Å². The van der Waals surface area contributed by atoms with Crippen molar-refractivity contribution in [3.63, 3.8) is 0 Å². The van der Waals surface area contributed by atoms with Crippen LogP contribution in [0, 0.1) is 0 Å². The Labute approximate surface area is 148 Å². The Morgan fingerprint density at radius 2 is 2.20 bits per heavy atom. The SMILES string of the molecule is COC(=O)Cc1cc(=O)[nH]c(SCC(=O)N2CCCC[C@H]2C(N)=O)n1. The number of amides is 2. The van der Waals surface area contributed by atoms with Crippen LogP contribution >= 0.6 is 11.8 Å². The molecule has 25 heavy (non-hydrogen) atoms. The molecule has 0 aromatic carbocycles. The number of ether oxygens (including phenoxy) is 1. The van der Waals surface area contributed by atoms with Gasteiger partial charge in [-0.25, -0.2) is 4.98 Å². The van der Waals surface area contributed by atoms with E-state index >= 15 is 0 Å². The molecule has 2 heterocycles. The van der Waals surface area contributed by atoms with E-state index in [4.69, 9.17) is 5.73 Å². The Morgan fingerprint density at radius 3 is 2.88 bits per heavy atom. The zero-order chi connectivity index (χ0) is 18.4. The Morgan fingerprint density at radius 1 is 1.44 bits per heavy atom. The second kappa shape index (κ2) is 8.65. The van der Waals surface area contributed by atoms with Crippen LogP contribution in [-0.4, -0.2) is 58.1 Å². The van der Waals surface area contributed by atoms with Gasteiger partial charge in [0.05, 0.1) is 25.0 Å². The minimum absolute atomic E-state index is 0.00833. The highest BCUT2D eigenvalue weighted by Gasteiger charge is 2.30. The topological polar surface area (TPSA) is 135 Å². The van der Waals surface area contributed by atoms with Crippen LogP contribution < -0.4 is 11.3 Å². The number of aromatic nitrogens is 2. The van der Waals surface area contributed by atoms with Gasteiger partial charge in [-0.1, -0.05) is 11.8 Å². The predicted octanol–water partition coefficient (Wildman–Crippen LogP) is -0.556. The molecular weight excluding hydrogens is 348 g/mol. The molecule has 0 saturated carbocycles. The van der Waals surface area contributed by atoms with Crippen LogP contribution in [0.25, 0.3) is 0 Å². The first-order valence-corrected chi connectivity index (χ1v) is 8.78. The number of hydrogen-bond acceptors (Lipinski definition) is 7. The summed E-state index contributed by atoms with van der Waals surface area (Å²) in [7, 11) is 1.25. The molecule has 3 N–H and O–H groups in total. The van der Waals surface area contributed by atoms with E-state index in [2.05, 4.69) is 14.7 Å². The number of carbonyl (C=O) groups excluding carboxylic acids is 3. The minimum Gasteiger partial charge on any atom is -0.469 e. The third-order valence-corrected chi connectivity index (χ3v) is 4.67. The average Bonchev–Trinajstić information content (AvgIpc) is 2.59. The van der Waals surface area contributed by atoms with Crippen molar-refractivity contribution in [2.45, 2.75) is 36.9 Å².